The lowest BCUT2D eigenvalue weighted by Crippen LogP contribution is -2.12. The molecule has 2 rings (SSSR count). The molecule has 0 aliphatic heterocycles. The first kappa shape index (κ1) is 14.7. The average molecular weight is 335 g/mol. The monoisotopic (exact) mass is 334 g/mol. The number of benzene rings is 1. The second-order valence-corrected chi connectivity index (χ2v) is 5.16. The number of anilines is 1. The third-order valence-corrected chi connectivity index (χ3v) is 3.23. The average Bonchev–Trinajstić information content (AvgIpc) is 2.45. The molecule has 4 nitrogen and oxygen atoms in total. The fourth-order valence-corrected chi connectivity index (χ4v) is 2.20. The fraction of sp³-hybridized carbons (Fsp3) is 0.200. The normalized spacial score (nSPS) is 10.3. The molecule has 1 heterocycles. The van der Waals surface area contributed by atoms with E-state index in [1.54, 1.807) is 18.3 Å². The van der Waals surface area contributed by atoms with Gasteiger partial charge in [-0.3, -0.25) is 4.79 Å². The minimum absolute atomic E-state index is 0.168. The molecule has 104 valence electrons. The van der Waals surface area contributed by atoms with Crippen molar-refractivity contribution in [3.8, 4) is 0 Å². The number of aliphatic hydroxyl groups excluding tert-OH is 1. The van der Waals surface area contributed by atoms with Crippen LogP contribution in [0.1, 0.15) is 22.3 Å². The number of pyridine rings is 1. The number of aromatic nitrogens is 1. The maximum Gasteiger partial charge on any atom is 0.255 e. The molecule has 2 aromatic rings. The Labute approximate surface area is 126 Å². The molecular formula is C15H15BrN2O2. The Morgan fingerprint density at radius 2 is 2.15 bits per heavy atom. The Balaban J connectivity index is 2.07. The number of carbonyl (C=O) groups excluding carboxylic acids is 1. The summed E-state index contributed by atoms with van der Waals surface area (Å²) in [6.45, 7) is 0.168. The molecule has 0 fully saturated rings. The smallest absolute Gasteiger partial charge is 0.255 e. The summed E-state index contributed by atoms with van der Waals surface area (Å²) in [5, 5.41) is 11.7. The number of aliphatic hydroxyl groups is 1. The van der Waals surface area contributed by atoms with Gasteiger partial charge < -0.3 is 10.4 Å². The van der Waals surface area contributed by atoms with Crippen molar-refractivity contribution in [2.75, 3.05) is 11.9 Å². The molecule has 0 unspecified atom stereocenters. The van der Waals surface area contributed by atoms with Crippen LogP contribution in [0.2, 0.25) is 0 Å². The van der Waals surface area contributed by atoms with Crippen LogP contribution in [-0.4, -0.2) is 22.6 Å². The highest BCUT2D eigenvalue weighted by Gasteiger charge is 2.07. The number of hydrogen-bond donors (Lipinski definition) is 2. The Bertz CT molecular complexity index is 602. The summed E-state index contributed by atoms with van der Waals surface area (Å²) >= 11 is 3.24. The second-order valence-electron chi connectivity index (χ2n) is 4.35. The van der Waals surface area contributed by atoms with E-state index in [0.717, 1.165) is 17.7 Å². The molecule has 0 saturated heterocycles. The topological polar surface area (TPSA) is 62.2 Å². The lowest BCUT2D eigenvalue weighted by molar-refractivity contribution is 0.102. The minimum atomic E-state index is -0.174. The van der Waals surface area contributed by atoms with E-state index in [-0.39, 0.29) is 12.5 Å². The summed E-state index contributed by atoms with van der Waals surface area (Å²) in [6.07, 6.45) is 3.09. The van der Waals surface area contributed by atoms with E-state index in [1.165, 1.54) is 0 Å². The number of rotatable bonds is 5. The number of amides is 1. The van der Waals surface area contributed by atoms with Crippen molar-refractivity contribution in [3.05, 3.63) is 58.3 Å². The van der Waals surface area contributed by atoms with E-state index in [0.29, 0.717) is 16.6 Å². The minimum Gasteiger partial charge on any atom is -0.396 e. The summed E-state index contributed by atoms with van der Waals surface area (Å²) in [7, 11) is 0. The van der Waals surface area contributed by atoms with Gasteiger partial charge in [0.25, 0.3) is 5.91 Å². The largest absolute Gasteiger partial charge is 0.396 e. The first-order valence-electron chi connectivity index (χ1n) is 6.32. The Morgan fingerprint density at radius 3 is 2.90 bits per heavy atom. The van der Waals surface area contributed by atoms with Gasteiger partial charge in [-0.25, -0.2) is 4.98 Å². The maximum atomic E-state index is 12.1. The fourth-order valence-electron chi connectivity index (χ4n) is 1.83. The van der Waals surface area contributed by atoms with Crippen LogP contribution in [0.25, 0.3) is 0 Å². The van der Waals surface area contributed by atoms with E-state index in [1.807, 2.05) is 24.3 Å². The molecule has 0 aliphatic rings. The molecule has 0 saturated carbocycles. The Morgan fingerprint density at radius 1 is 1.30 bits per heavy atom. The first-order valence-corrected chi connectivity index (χ1v) is 7.11. The van der Waals surface area contributed by atoms with Crippen molar-refractivity contribution in [1.82, 2.24) is 4.98 Å². The van der Waals surface area contributed by atoms with E-state index in [2.05, 4.69) is 26.2 Å². The zero-order valence-electron chi connectivity index (χ0n) is 10.8. The zero-order chi connectivity index (χ0) is 14.4. The van der Waals surface area contributed by atoms with Gasteiger partial charge in [0.1, 0.15) is 4.60 Å². The summed E-state index contributed by atoms with van der Waals surface area (Å²) < 4.78 is 0.627. The van der Waals surface area contributed by atoms with Crippen LogP contribution in [0, 0.1) is 0 Å². The number of aryl methyl sites for hydroxylation is 1. The van der Waals surface area contributed by atoms with Crippen LogP contribution >= 0.6 is 15.9 Å². The van der Waals surface area contributed by atoms with E-state index >= 15 is 0 Å². The summed E-state index contributed by atoms with van der Waals surface area (Å²) in [4.78, 5) is 16.1. The highest BCUT2D eigenvalue weighted by Crippen LogP contribution is 2.15. The molecule has 1 amide bonds. The zero-order valence-corrected chi connectivity index (χ0v) is 12.4. The van der Waals surface area contributed by atoms with Crippen LogP contribution < -0.4 is 5.32 Å². The number of carbonyl (C=O) groups is 1. The number of halogens is 1. The highest BCUT2D eigenvalue weighted by molar-refractivity contribution is 9.10. The highest BCUT2D eigenvalue weighted by atomic mass is 79.9. The summed E-state index contributed by atoms with van der Waals surface area (Å²) in [5.74, 6) is -0.174. The Hall–Kier alpha value is -1.72. The molecule has 0 bridgehead atoms. The van der Waals surface area contributed by atoms with Crippen molar-refractivity contribution in [1.29, 1.82) is 0 Å². The van der Waals surface area contributed by atoms with Crippen molar-refractivity contribution < 1.29 is 9.90 Å². The molecule has 0 radical (unpaired) electrons. The third-order valence-electron chi connectivity index (χ3n) is 2.80. The molecule has 5 heteroatoms. The third kappa shape index (κ3) is 4.15. The van der Waals surface area contributed by atoms with E-state index in [9.17, 15) is 4.79 Å². The standard InChI is InChI=1S/C15H15BrN2O2/c16-14-10-12(6-7-17-14)15(20)18-13-5-1-3-11(9-13)4-2-8-19/h1,3,5-7,9-10,19H,2,4,8H2,(H,18,20). The van der Waals surface area contributed by atoms with Gasteiger partial charge in [-0.1, -0.05) is 12.1 Å². The van der Waals surface area contributed by atoms with Gasteiger partial charge in [0.05, 0.1) is 0 Å². The predicted octanol–water partition coefficient (Wildman–Crippen LogP) is 3.02. The molecule has 20 heavy (non-hydrogen) atoms. The van der Waals surface area contributed by atoms with Crippen LogP contribution in [0.15, 0.2) is 47.2 Å². The van der Waals surface area contributed by atoms with E-state index in [4.69, 9.17) is 5.11 Å². The van der Waals surface area contributed by atoms with Gasteiger partial charge in [0.2, 0.25) is 0 Å². The van der Waals surface area contributed by atoms with Gasteiger partial charge in [-0.2, -0.15) is 0 Å². The van der Waals surface area contributed by atoms with Gasteiger partial charge in [-0.05, 0) is 58.6 Å². The van der Waals surface area contributed by atoms with Gasteiger partial charge >= 0.3 is 0 Å². The molecule has 0 spiro atoms. The van der Waals surface area contributed by atoms with Crippen molar-refractivity contribution >= 4 is 27.5 Å². The quantitative estimate of drug-likeness (QED) is 0.826. The lowest BCUT2D eigenvalue weighted by Gasteiger charge is -2.07. The number of hydrogen-bond acceptors (Lipinski definition) is 3. The second kappa shape index (κ2) is 7.17. The van der Waals surface area contributed by atoms with Crippen molar-refractivity contribution in [2.24, 2.45) is 0 Å². The van der Waals surface area contributed by atoms with Crippen LogP contribution in [-0.2, 0) is 6.42 Å². The summed E-state index contributed by atoms with van der Waals surface area (Å²) in [6, 6.07) is 11.0. The van der Waals surface area contributed by atoms with Gasteiger partial charge in [-0.15, -0.1) is 0 Å². The van der Waals surface area contributed by atoms with E-state index < -0.39 is 0 Å². The first-order chi connectivity index (χ1) is 9.69. The number of nitrogens with one attached hydrogen (secondary N) is 1. The van der Waals surface area contributed by atoms with Gasteiger partial charge in [0, 0.05) is 24.1 Å². The lowest BCUT2D eigenvalue weighted by atomic mass is 10.1. The summed E-state index contributed by atoms with van der Waals surface area (Å²) in [5.41, 5.74) is 2.39. The van der Waals surface area contributed by atoms with Crippen LogP contribution in [0.4, 0.5) is 5.69 Å². The van der Waals surface area contributed by atoms with Crippen molar-refractivity contribution in [3.63, 3.8) is 0 Å². The molecule has 0 atom stereocenters. The Kier molecular flexibility index (Phi) is 5.26. The molecule has 1 aromatic heterocycles. The van der Waals surface area contributed by atoms with Crippen LogP contribution in [0.3, 0.4) is 0 Å². The number of nitrogens with zero attached hydrogens (tertiary/aromatic N) is 1. The van der Waals surface area contributed by atoms with Crippen molar-refractivity contribution in [2.45, 2.75) is 12.8 Å². The molecule has 1 aromatic carbocycles. The van der Waals surface area contributed by atoms with Crippen LogP contribution in [0.5, 0.6) is 0 Å². The molecule has 2 N–H and O–H groups in total. The molecular weight excluding hydrogens is 320 g/mol. The maximum absolute atomic E-state index is 12.1. The van der Waals surface area contributed by atoms with Gasteiger partial charge in [0.15, 0.2) is 0 Å². The predicted molar refractivity (Wildman–Crippen MR) is 81.7 cm³/mol. The SMILES string of the molecule is O=C(Nc1cccc(CCCO)c1)c1ccnc(Br)c1. The molecule has 0 aliphatic carbocycles.